The van der Waals surface area contributed by atoms with Crippen molar-refractivity contribution in [3.63, 3.8) is 0 Å². The molecule has 0 saturated heterocycles. The molecule has 0 amide bonds. The first-order chi connectivity index (χ1) is 18.2. The lowest BCUT2D eigenvalue weighted by Gasteiger charge is -2.24. The van der Waals surface area contributed by atoms with Gasteiger partial charge in [-0.3, -0.25) is 14.1 Å². The van der Waals surface area contributed by atoms with Gasteiger partial charge in [0.1, 0.15) is 29.3 Å². The molecule has 0 radical (unpaired) electrons. The molecule has 0 spiro atoms. The van der Waals surface area contributed by atoms with E-state index in [2.05, 4.69) is 34.9 Å². The molecule has 3 heterocycles. The van der Waals surface area contributed by atoms with Crippen molar-refractivity contribution in [2.45, 2.75) is 49.9 Å². The van der Waals surface area contributed by atoms with Crippen LogP contribution in [0.4, 0.5) is 5.95 Å². The van der Waals surface area contributed by atoms with Crippen LogP contribution in [0.5, 0.6) is 11.8 Å². The second kappa shape index (κ2) is 11.5. The van der Waals surface area contributed by atoms with Crippen LogP contribution < -0.4 is 14.2 Å². The quantitative estimate of drug-likeness (QED) is 0.379. The summed E-state index contributed by atoms with van der Waals surface area (Å²) in [7, 11) is 0.0162. The van der Waals surface area contributed by atoms with Gasteiger partial charge in [0, 0.05) is 38.3 Å². The van der Waals surface area contributed by atoms with Gasteiger partial charge >= 0.3 is 0 Å². The van der Waals surface area contributed by atoms with E-state index in [1.807, 2.05) is 0 Å². The molecule has 3 aromatic heterocycles. The Morgan fingerprint density at radius 3 is 2.18 bits per heavy atom. The maximum atomic E-state index is 13.6. The minimum Gasteiger partial charge on any atom is -0.479 e. The lowest BCUT2D eigenvalue weighted by Crippen LogP contribution is -2.33. The summed E-state index contributed by atoms with van der Waals surface area (Å²) >= 11 is 5.87. The average Bonchev–Trinajstić information content (AvgIpc) is 3.32. The molecule has 1 fully saturated rings. The number of Topliss-reactive ketones (excluding diaryl/α,β-unsaturated/α-hetero) is 1. The van der Waals surface area contributed by atoms with E-state index < -0.39 is 21.4 Å². The standard InChI is InChI=1S/C22H27ClN8O6S/c1-12(17(35-2)18-24-9-14(23)10-25-18)38(33,34)30-22-29-28-19(13-5-7-15(32)8-6-13)31(22)16-20(36-3)26-11-27-21(16)37-4/h9-13,17H,5-8H2,1-4H3,(H,29,30)/t12-,17-/m0/s1. The number of halogens is 1. The summed E-state index contributed by atoms with van der Waals surface area (Å²) in [6.45, 7) is 1.45. The zero-order chi connectivity index (χ0) is 27.4. The molecule has 1 N–H and O–H groups in total. The van der Waals surface area contributed by atoms with Crippen LogP contribution in [0.3, 0.4) is 0 Å². The van der Waals surface area contributed by atoms with Crippen molar-refractivity contribution in [2.24, 2.45) is 0 Å². The van der Waals surface area contributed by atoms with E-state index in [-0.39, 0.29) is 40.9 Å². The van der Waals surface area contributed by atoms with E-state index >= 15 is 0 Å². The Kier molecular flexibility index (Phi) is 8.38. The molecule has 0 aliphatic heterocycles. The summed E-state index contributed by atoms with van der Waals surface area (Å²) in [6.07, 6.45) is 4.76. The number of carbonyl (C=O) groups is 1. The molecule has 14 nitrogen and oxygen atoms in total. The van der Waals surface area contributed by atoms with Gasteiger partial charge in [0.25, 0.3) is 0 Å². The van der Waals surface area contributed by atoms with Crippen molar-refractivity contribution in [3.05, 3.63) is 35.4 Å². The summed E-state index contributed by atoms with van der Waals surface area (Å²) in [5, 5.41) is 7.60. The number of ketones is 1. The number of rotatable bonds is 10. The molecular weight excluding hydrogens is 540 g/mol. The van der Waals surface area contributed by atoms with E-state index in [9.17, 15) is 13.2 Å². The van der Waals surface area contributed by atoms with Crippen molar-refractivity contribution in [1.82, 2.24) is 34.7 Å². The smallest absolute Gasteiger partial charge is 0.245 e. The van der Waals surface area contributed by atoms with Gasteiger partial charge in [-0.25, -0.2) is 18.4 Å². The molecule has 1 saturated carbocycles. The van der Waals surface area contributed by atoms with Gasteiger partial charge in [0.2, 0.25) is 27.7 Å². The Bertz CT molecular complexity index is 1370. The number of ether oxygens (including phenoxy) is 3. The highest BCUT2D eigenvalue weighted by molar-refractivity contribution is 7.93. The van der Waals surface area contributed by atoms with E-state index in [1.165, 1.54) is 51.5 Å². The summed E-state index contributed by atoms with van der Waals surface area (Å²) in [6, 6.07) is 0. The molecule has 0 unspecified atom stereocenters. The number of methoxy groups -OCH3 is 3. The molecule has 16 heteroatoms. The number of anilines is 1. The van der Waals surface area contributed by atoms with Crippen LogP contribution in [0.2, 0.25) is 5.02 Å². The summed E-state index contributed by atoms with van der Waals surface area (Å²) < 4.78 is 47.4. The largest absolute Gasteiger partial charge is 0.479 e. The van der Waals surface area contributed by atoms with Crippen LogP contribution in [0.25, 0.3) is 5.69 Å². The van der Waals surface area contributed by atoms with Crippen molar-refractivity contribution < 1.29 is 27.4 Å². The molecule has 0 bridgehead atoms. The Hall–Kier alpha value is -3.43. The van der Waals surface area contributed by atoms with Crippen molar-refractivity contribution in [3.8, 4) is 17.4 Å². The molecule has 4 rings (SSSR count). The molecule has 1 aliphatic carbocycles. The number of nitrogens with zero attached hydrogens (tertiary/aromatic N) is 7. The zero-order valence-electron chi connectivity index (χ0n) is 21.2. The third-order valence-corrected chi connectivity index (χ3v) is 8.15. The predicted molar refractivity (Wildman–Crippen MR) is 135 cm³/mol. The van der Waals surface area contributed by atoms with E-state index in [0.29, 0.717) is 36.5 Å². The number of sulfonamides is 1. The highest BCUT2D eigenvalue weighted by Crippen LogP contribution is 2.38. The first-order valence-electron chi connectivity index (χ1n) is 11.6. The Morgan fingerprint density at radius 2 is 1.63 bits per heavy atom. The predicted octanol–water partition coefficient (Wildman–Crippen LogP) is 2.26. The van der Waals surface area contributed by atoms with Crippen molar-refractivity contribution in [1.29, 1.82) is 0 Å². The van der Waals surface area contributed by atoms with Crippen LogP contribution in [-0.4, -0.2) is 75.5 Å². The molecule has 3 aromatic rings. The number of hydrogen-bond acceptors (Lipinski definition) is 12. The minimum absolute atomic E-state index is 0.114. The van der Waals surface area contributed by atoms with Gasteiger partial charge in [0.15, 0.2) is 11.5 Å². The second-order valence-electron chi connectivity index (χ2n) is 8.54. The van der Waals surface area contributed by atoms with E-state index in [0.717, 1.165) is 0 Å². The fraction of sp³-hybridized carbons (Fsp3) is 0.500. The molecule has 204 valence electrons. The topological polar surface area (TPSA) is 173 Å². The molecule has 2 atom stereocenters. The number of nitrogens with one attached hydrogen (secondary N) is 1. The highest BCUT2D eigenvalue weighted by Gasteiger charge is 2.36. The van der Waals surface area contributed by atoms with Crippen molar-refractivity contribution in [2.75, 3.05) is 26.1 Å². The highest BCUT2D eigenvalue weighted by atomic mass is 35.5. The van der Waals surface area contributed by atoms with Crippen LogP contribution in [0, 0.1) is 0 Å². The fourth-order valence-corrected chi connectivity index (χ4v) is 5.47. The van der Waals surface area contributed by atoms with Crippen LogP contribution in [0.15, 0.2) is 18.7 Å². The van der Waals surface area contributed by atoms with E-state index in [4.69, 9.17) is 25.8 Å². The minimum atomic E-state index is -4.17. The van der Waals surface area contributed by atoms with Gasteiger partial charge < -0.3 is 14.2 Å². The Labute approximate surface area is 224 Å². The number of hydrogen-bond donors (Lipinski definition) is 1. The normalized spacial score (nSPS) is 16.2. The van der Waals surface area contributed by atoms with Crippen LogP contribution in [0.1, 0.15) is 56.3 Å². The lowest BCUT2D eigenvalue weighted by atomic mass is 9.88. The maximum Gasteiger partial charge on any atom is 0.245 e. The van der Waals surface area contributed by atoms with Gasteiger partial charge in [-0.05, 0) is 19.8 Å². The van der Waals surface area contributed by atoms with Crippen LogP contribution >= 0.6 is 11.6 Å². The van der Waals surface area contributed by atoms with Crippen molar-refractivity contribution >= 4 is 33.4 Å². The second-order valence-corrected chi connectivity index (χ2v) is 11.0. The maximum absolute atomic E-state index is 13.6. The monoisotopic (exact) mass is 566 g/mol. The number of carbonyl (C=O) groups excluding carboxylic acids is 1. The SMILES string of the molecule is COc1ncnc(OC)c1-n1c(NS(=O)(=O)[C@@H](C)[C@H](OC)c2ncc(Cl)cn2)nnc1C1CCC(=O)CC1. The first-order valence-corrected chi connectivity index (χ1v) is 13.5. The van der Waals surface area contributed by atoms with Gasteiger partial charge in [-0.2, -0.15) is 9.97 Å². The molecule has 0 aromatic carbocycles. The zero-order valence-corrected chi connectivity index (χ0v) is 22.7. The summed E-state index contributed by atoms with van der Waals surface area (Å²) in [5.74, 6) is 0.629. The lowest BCUT2D eigenvalue weighted by molar-refractivity contribution is -0.120. The van der Waals surface area contributed by atoms with Gasteiger partial charge in [0.05, 0.1) is 19.2 Å². The van der Waals surface area contributed by atoms with Gasteiger partial charge in [-0.15, -0.1) is 10.2 Å². The molecule has 38 heavy (non-hydrogen) atoms. The number of aromatic nitrogens is 7. The summed E-state index contributed by atoms with van der Waals surface area (Å²) in [4.78, 5) is 28.4. The van der Waals surface area contributed by atoms with Gasteiger partial charge in [-0.1, -0.05) is 11.6 Å². The average molecular weight is 567 g/mol. The third kappa shape index (κ3) is 5.54. The Morgan fingerprint density at radius 1 is 1.03 bits per heavy atom. The van der Waals surface area contributed by atoms with E-state index in [1.54, 1.807) is 0 Å². The van der Waals surface area contributed by atoms with Crippen LogP contribution in [-0.2, 0) is 19.6 Å². The molecule has 1 aliphatic rings. The Balaban J connectivity index is 1.78. The summed E-state index contributed by atoms with van der Waals surface area (Å²) in [5.41, 5.74) is 0.212. The fourth-order valence-electron chi connectivity index (χ4n) is 4.24. The molecular formula is C22H27ClN8O6S. The third-order valence-electron chi connectivity index (χ3n) is 6.26. The first kappa shape index (κ1) is 27.6.